The topological polar surface area (TPSA) is 64.6 Å². The molecule has 1 amide bonds. The Hall–Kier alpha value is -1.63. The quantitative estimate of drug-likeness (QED) is 0.788. The third kappa shape index (κ3) is 4.43. The molecule has 1 aliphatic carbocycles. The third-order valence-electron chi connectivity index (χ3n) is 3.91. The number of ether oxygens (including phenoxy) is 2. The van der Waals surface area contributed by atoms with Crippen molar-refractivity contribution in [3.8, 4) is 5.75 Å². The maximum atomic E-state index is 13.0. The molecule has 126 valence electrons. The van der Waals surface area contributed by atoms with Gasteiger partial charge in [0.25, 0.3) is 5.91 Å². The number of amides is 1. The third-order valence-corrected chi connectivity index (χ3v) is 4.53. The average Bonchev–Trinajstić information content (AvgIpc) is 2.54. The Bertz CT molecular complexity index is 587. The summed E-state index contributed by atoms with van der Waals surface area (Å²) in [7, 11) is 1.32. The second-order valence-electron chi connectivity index (χ2n) is 5.55. The van der Waals surface area contributed by atoms with E-state index in [4.69, 9.17) is 9.47 Å². The smallest absolute Gasteiger partial charge is 0.331 e. The molecule has 5 nitrogen and oxygen atoms in total. The molecule has 1 aromatic rings. The standard InChI is InChI=1S/C16H19BrFNO4/c1-22-15(21)16(7-3-2-4-8-16)19-14(20)10-23-13-6-5-11(18)9-12(13)17/h5-6,9H,2-4,7-8,10H2,1H3,(H,19,20). The molecule has 1 saturated carbocycles. The fourth-order valence-corrected chi connectivity index (χ4v) is 3.23. The molecule has 0 atom stereocenters. The zero-order valence-corrected chi connectivity index (χ0v) is 14.4. The Kier molecular flexibility index (Phi) is 5.98. The summed E-state index contributed by atoms with van der Waals surface area (Å²) in [5.41, 5.74) is -0.965. The number of rotatable bonds is 5. The Labute approximate surface area is 142 Å². The molecule has 2 rings (SSSR count). The van der Waals surface area contributed by atoms with Gasteiger partial charge < -0.3 is 14.8 Å². The average molecular weight is 388 g/mol. The van der Waals surface area contributed by atoms with Crippen molar-refractivity contribution in [2.75, 3.05) is 13.7 Å². The van der Waals surface area contributed by atoms with E-state index in [1.54, 1.807) is 0 Å². The number of carbonyl (C=O) groups is 2. The lowest BCUT2D eigenvalue weighted by Gasteiger charge is -2.35. The van der Waals surface area contributed by atoms with Gasteiger partial charge in [-0.3, -0.25) is 4.79 Å². The summed E-state index contributed by atoms with van der Waals surface area (Å²) in [5.74, 6) is -0.875. The van der Waals surface area contributed by atoms with Crippen LogP contribution in [0.4, 0.5) is 4.39 Å². The fraction of sp³-hybridized carbons (Fsp3) is 0.500. The van der Waals surface area contributed by atoms with Crippen molar-refractivity contribution in [3.63, 3.8) is 0 Å². The molecular weight excluding hydrogens is 369 g/mol. The van der Waals surface area contributed by atoms with Crippen LogP contribution in [0.3, 0.4) is 0 Å². The van der Waals surface area contributed by atoms with Gasteiger partial charge in [-0.05, 0) is 47.0 Å². The molecule has 1 aliphatic rings. The van der Waals surface area contributed by atoms with Crippen LogP contribution in [0, 0.1) is 5.82 Å². The Morgan fingerprint density at radius 2 is 2.00 bits per heavy atom. The summed E-state index contributed by atoms with van der Waals surface area (Å²) in [5, 5.41) is 2.76. The van der Waals surface area contributed by atoms with Crippen molar-refractivity contribution in [3.05, 3.63) is 28.5 Å². The summed E-state index contributed by atoms with van der Waals surface area (Å²) in [6.45, 7) is -0.261. The van der Waals surface area contributed by atoms with Crippen LogP contribution in [0.25, 0.3) is 0 Å². The lowest BCUT2D eigenvalue weighted by atomic mass is 9.81. The Morgan fingerprint density at radius 3 is 2.61 bits per heavy atom. The van der Waals surface area contributed by atoms with Crippen molar-refractivity contribution in [1.82, 2.24) is 5.32 Å². The van der Waals surface area contributed by atoms with Crippen LogP contribution in [0.1, 0.15) is 32.1 Å². The maximum absolute atomic E-state index is 13.0. The lowest BCUT2D eigenvalue weighted by Crippen LogP contribution is -2.57. The van der Waals surface area contributed by atoms with Crippen molar-refractivity contribution < 1.29 is 23.5 Å². The molecule has 0 spiro atoms. The molecule has 7 heteroatoms. The normalized spacial score (nSPS) is 16.5. The first-order valence-electron chi connectivity index (χ1n) is 7.44. The van der Waals surface area contributed by atoms with Crippen molar-refractivity contribution in [1.29, 1.82) is 0 Å². The summed E-state index contributed by atoms with van der Waals surface area (Å²) in [4.78, 5) is 24.2. The van der Waals surface area contributed by atoms with Crippen molar-refractivity contribution >= 4 is 27.8 Å². The minimum Gasteiger partial charge on any atom is -0.483 e. The number of esters is 1. The first kappa shape index (κ1) is 17.7. The molecule has 0 bridgehead atoms. The van der Waals surface area contributed by atoms with Crippen molar-refractivity contribution in [2.45, 2.75) is 37.6 Å². The summed E-state index contributed by atoms with van der Waals surface area (Å²) in [6.07, 6.45) is 3.88. The molecule has 23 heavy (non-hydrogen) atoms. The second-order valence-corrected chi connectivity index (χ2v) is 6.40. The van der Waals surface area contributed by atoms with E-state index in [9.17, 15) is 14.0 Å². The van der Waals surface area contributed by atoms with E-state index in [-0.39, 0.29) is 6.61 Å². The van der Waals surface area contributed by atoms with Gasteiger partial charge in [-0.1, -0.05) is 19.3 Å². The predicted molar refractivity (Wildman–Crippen MR) is 85.6 cm³/mol. The zero-order chi connectivity index (χ0) is 16.9. The van der Waals surface area contributed by atoms with Gasteiger partial charge >= 0.3 is 5.97 Å². The van der Waals surface area contributed by atoms with Crippen LogP contribution in [0.2, 0.25) is 0 Å². The van der Waals surface area contributed by atoms with E-state index in [1.807, 2.05) is 0 Å². The van der Waals surface area contributed by atoms with Gasteiger partial charge in [-0.2, -0.15) is 0 Å². The van der Waals surface area contributed by atoms with Gasteiger partial charge in [0.2, 0.25) is 0 Å². The van der Waals surface area contributed by atoms with E-state index in [0.717, 1.165) is 19.3 Å². The molecule has 0 heterocycles. The van der Waals surface area contributed by atoms with E-state index in [1.165, 1.54) is 25.3 Å². The number of halogens is 2. The highest BCUT2D eigenvalue weighted by molar-refractivity contribution is 9.10. The van der Waals surface area contributed by atoms with Crippen LogP contribution in [-0.2, 0) is 14.3 Å². The van der Waals surface area contributed by atoms with Gasteiger partial charge in [0.1, 0.15) is 17.1 Å². The van der Waals surface area contributed by atoms with E-state index < -0.39 is 23.2 Å². The minimum absolute atomic E-state index is 0.261. The number of hydrogen-bond donors (Lipinski definition) is 1. The molecule has 0 unspecified atom stereocenters. The number of methoxy groups -OCH3 is 1. The molecule has 1 N–H and O–H groups in total. The summed E-state index contributed by atoms with van der Waals surface area (Å²) >= 11 is 3.17. The molecular formula is C16H19BrFNO4. The number of hydrogen-bond acceptors (Lipinski definition) is 4. The van der Waals surface area contributed by atoms with Crippen LogP contribution < -0.4 is 10.1 Å². The van der Waals surface area contributed by atoms with Gasteiger partial charge in [0.05, 0.1) is 11.6 Å². The Morgan fingerprint density at radius 1 is 1.30 bits per heavy atom. The monoisotopic (exact) mass is 387 g/mol. The zero-order valence-electron chi connectivity index (χ0n) is 12.9. The van der Waals surface area contributed by atoms with Crippen LogP contribution >= 0.6 is 15.9 Å². The lowest BCUT2D eigenvalue weighted by molar-refractivity contribution is -0.152. The fourth-order valence-electron chi connectivity index (χ4n) is 2.77. The molecule has 0 radical (unpaired) electrons. The number of nitrogens with one attached hydrogen (secondary N) is 1. The van der Waals surface area contributed by atoms with Crippen molar-refractivity contribution in [2.24, 2.45) is 0 Å². The second kappa shape index (κ2) is 7.77. The molecule has 0 aliphatic heterocycles. The maximum Gasteiger partial charge on any atom is 0.331 e. The van der Waals surface area contributed by atoms with Crippen LogP contribution in [0.15, 0.2) is 22.7 Å². The van der Waals surface area contributed by atoms with Crippen LogP contribution in [0.5, 0.6) is 5.75 Å². The molecule has 1 fully saturated rings. The number of carbonyl (C=O) groups excluding carboxylic acids is 2. The van der Waals surface area contributed by atoms with Gasteiger partial charge in [0.15, 0.2) is 6.61 Å². The van der Waals surface area contributed by atoms with E-state index >= 15 is 0 Å². The molecule has 0 aromatic heterocycles. The van der Waals surface area contributed by atoms with Gasteiger partial charge in [0, 0.05) is 0 Å². The molecule has 0 saturated heterocycles. The highest BCUT2D eigenvalue weighted by Crippen LogP contribution is 2.29. The van der Waals surface area contributed by atoms with Crippen LogP contribution in [-0.4, -0.2) is 31.1 Å². The summed E-state index contributed by atoms with van der Waals surface area (Å²) < 4.78 is 23.7. The van der Waals surface area contributed by atoms with Gasteiger partial charge in [-0.25, -0.2) is 9.18 Å². The highest BCUT2D eigenvalue weighted by atomic mass is 79.9. The highest BCUT2D eigenvalue weighted by Gasteiger charge is 2.41. The van der Waals surface area contributed by atoms with Gasteiger partial charge in [-0.15, -0.1) is 0 Å². The first-order chi connectivity index (χ1) is 11.0. The SMILES string of the molecule is COC(=O)C1(NC(=O)COc2ccc(F)cc2Br)CCCCC1. The Balaban J connectivity index is 1.98. The predicted octanol–water partition coefficient (Wildman–Crippen LogP) is 2.96. The summed E-state index contributed by atoms with van der Waals surface area (Å²) in [6, 6.07) is 3.93. The van der Waals surface area contributed by atoms with E-state index in [2.05, 4.69) is 21.2 Å². The molecule has 1 aromatic carbocycles. The minimum atomic E-state index is -0.965. The first-order valence-corrected chi connectivity index (χ1v) is 8.23. The number of benzene rings is 1. The van der Waals surface area contributed by atoms with E-state index in [0.29, 0.717) is 23.1 Å². The largest absolute Gasteiger partial charge is 0.483 e.